The molecule has 4 heteroatoms. The number of rotatable bonds is 9. The lowest BCUT2D eigenvalue weighted by Gasteiger charge is -2.26. The highest BCUT2D eigenvalue weighted by Crippen LogP contribution is 2.27. The summed E-state index contributed by atoms with van der Waals surface area (Å²) in [4.78, 5) is 15.1. The van der Waals surface area contributed by atoms with Gasteiger partial charge in [-0.1, -0.05) is 43.3 Å². The Hall–Kier alpha value is -3.53. The highest BCUT2D eigenvalue weighted by Gasteiger charge is 2.17. The van der Waals surface area contributed by atoms with Crippen LogP contribution in [-0.2, 0) is 12.8 Å². The summed E-state index contributed by atoms with van der Waals surface area (Å²) in [5.41, 5.74) is 6.79. The van der Waals surface area contributed by atoms with E-state index in [1.807, 2.05) is 12.1 Å². The average molecular weight is 427 g/mol. The minimum Gasteiger partial charge on any atom is -0.497 e. The van der Waals surface area contributed by atoms with Gasteiger partial charge in [0.15, 0.2) is 0 Å². The zero-order valence-electron chi connectivity index (χ0n) is 18.8. The van der Waals surface area contributed by atoms with Gasteiger partial charge in [0.05, 0.1) is 7.11 Å². The molecule has 0 heterocycles. The largest absolute Gasteiger partial charge is 0.497 e. The van der Waals surface area contributed by atoms with Crippen LogP contribution in [0.15, 0.2) is 78.5 Å². The molecule has 0 radical (unpaired) electrons. The van der Waals surface area contributed by atoms with Crippen LogP contribution in [0.25, 0.3) is 6.08 Å². The van der Waals surface area contributed by atoms with Crippen LogP contribution in [0, 0.1) is 0 Å². The first kappa shape index (κ1) is 21.7. The Morgan fingerprint density at radius 2 is 1.81 bits per heavy atom. The molecule has 0 saturated heterocycles. The summed E-state index contributed by atoms with van der Waals surface area (Å²) in [7, 11) is 1.62. The summed E-state index contributed by atoms with van der Waals surface area (Å²) < 4.78 is 5.16. The van der Waals surface area contributed by atoms with Gasteiger partial charge in [-0.3, -0.25) is 4.79 Å². The molecule has 0 fully saturated rings. The molecule has 3 aromatic rings. The molecule has 1 aliphatic rings. The van der Waals surface area contributed by atoms with Crippen LogP contribution in [0.1, 0.15) is 40.4 Å². The van der Waals surface area contributed by atoms with Crippen LogP contribution in [0.3, 0.4) is 0 Å². The van der Waals surface area contributed by atoms with E-state index >= 15 is 0 Å². The minimum absolute atomic E-state index is 0.119. The zero-order valence-corrected chi connectivity index (χ0v) is 18.8. The number of fused-ring (bicyclic) bond motifs is 1. The zero-order chi connectivity index (χ0) is 22.3. The molecular formula is C28H30N2O2. The van der Waals surface area contributed by atoms with Crippen LogP contribution in [-0.4, -0.2) is 31.0 Å². The normalized spacial score (nSPS) is 12.1. The molecular weight excluding hydrogens is 396 g/mol. The number of allylic oxidation sites excluding steroid dienone is 1. The Labute approximate surface area is 190 Å². The maximum atomic E-state index is 12.6. The first-order chi connectivity index (χ1) is 15.7. The van der Waals surface area contributed by atoms with Crippen molar-refractivity contribution < 1.29 is 9.53 Å². The topological polar surface area (TPSA) is 41.6 Å². The number of nitrogens with zero attached hydrogens (tertiary/aromatic N) is 1. The van der Waals surface area contributed by atoms with Gasteiger partial charge in [0.2, 0.25) is 0 Å². The van der Waals surface area contributed by atoms with Crippen LogP contribution >= 0.6 is 0 Å². The molecule has 1 amide bonds. The van der Waals surface area contributed by atoms with Crippen LogP contribution in [0.2, 0.25) is 0 Å². The summed E-state index contributed by atoms with van der Waals surface area (Å²) >= 11 is 0. The van der Waals surface area contributed by atoms with E-state index in [2.05, 4.69) is 59.6 Å². The molecule has 0 atom stereocenters. The van der Waals surface area contributed by atoms with Gasteiger partial charge in [-0.2, -0.15) is 0 Å². The molecule has 0 aliphatic heterocycles. The van der Waals surface area contributed by atoms with E-state index in [1.165, 1.54) is 22.4 Å². The van der Waals surface area contributed by atoms with Crippen molar-refractivity contribution in [1.29, 1.82) is 0 Å². The quantitative estimate of drug-likeness (QED) is 0.470. The highest BCUT2D eigenvalue weighted by atomic mass is 16.5. The number of nitrogens with one attached hydrogen (secondary N) is 1. The van der Waals surface area contributed by atoms with E-state index in [1.54, 1.807) is 31.4 Å². The fourth-order valence-electron chi connectivity index (χ4n) is 4.15. The highest BCUT2D eigenvalue weighted by molar-refractivity contribution is 6.04. The van der Waals surface area contributed by atoms with Gasteiger partial charge in [0.1, 0.15) is 5.75 Å². The van der Waals surface area contributed by atoms with Crippen LogP contribution in [0.5, 0.6) is 5.75 Å². The van der Waals surface area contributed by atoms with E-state index in [0.717, 1.165) is 43.8 Å². The van der Waals surface area contributed by atoms with Gasteiger partial charge < -0.3 is 15.0 Å². The summed E-state index contributed by atoms with van der Waals surface area (Å²) in [6.45, 7) is 4.24. The fraction of sp³-hybridized carbons (Fsp3) is 0.250. The van der Waals surface area contributed by atoms with Crippen molar-refractivity contribution in [3.8, 4) is 5.75 Å². The minimum atomic E-state index is -0.119. The molecule has 0 bridgehead atoms. The van der Waals surface area contributed by atoms with E-state index < -0.39 is 0 Å². The van der Waals surface area contributed by atoms with Crippen molar-refractivity contribution in [2.75, 3.05) is 25.5 Å². The van der Waals surface area contributed by atoms with Crippen molar-refractivity contribution in [3.05, 3.63) is 101 Å². The maximum absolute atomic E-state index is 12.6. The second-order valence-electron chi connectivity index (χ2n) is 8.13. The van der Waals surface area contributed by atoms with Gasteiger partial charge in [-0.25, -0.2) is 0 Å². The van der Waals surface area contributed by atoms with E-state index in [0.29, 0.717) is 5.56 Å². The Morgan fingerprint density at radius 3 is 2.56 bits per heavy atom. The average Bonchev–Trinajstić information content (AvgIpc) is 3.26. The van der Waals surface area contributed by atoms with Gasteiger partial charge in [0, 0.05) is 36.5 Å². The first-order valence-electron chi connectivity index (χ1n) is 11.2. The predicted octanol–water partition coefficient (Wildman–Crippen LogP) is 5.80. The van der Waals surface area contributed by atoms with Gasteiger partial charge in [0.25, 0.3) is 5.91 Å². The SMILES string of the molecule is CCCN(CCc1cccc(NC(=O)c2ccc(OC)cc2)c1)C1=Cc2ccccc2C1. The van der Waals surface area contributed by atoms with E-state index in [9.17, 15) is 4.79 Å². The number of ether oxygens (including phenoxy) is 1. The Kier molecular flexibility index (Phi) is 6.90. The second-order valence-corrected chi connectivity index (χ2v) is 8.13. The lowest BCUT2D eigenvalue weighted by atomic mass is 10.1. The number of amides is 1. The molecule has 1 N–H and O–H groups in total. The molecule has 4 rings (SSSR count). The van der Waals surface area contributed by atoms with E-state index in [-0.39, 0.29) is 5.91 Å². The van der Waals surface area contributed by atoms with Gasteiger partial charge in [-0.15, -0.1) is 0 Å². The lowest BCUT2D eigenvalue weighted by molar-refractivity contribution is 0.102. The first-order valence-corrected chi connectivity index (χ1v) is 11.2. The Bertz CT molecular complexity index is 1100. The maximum Gasteiger partial charge on any atom is 0.255 e. The van der Waals surface area contributed by atoms with Crippen molar-refractivity contribution in [2.24, 2.45) is 0 Å². The molecule has 32 heavy (non-hydrogen) atoms. The Morgan fingerprint density at radius 1 is 1.00 bits per heavy atom. The number of anilines is 1. The lowest BCUT2D eigenvalue weighted by Crippen LogP contribution is -2.26. The molecule has 164 valence electrons. The van der Waals surface area contributed by atoms with Crippen molar-refractivity contribution in [1.82, 2.24) is 4.90 Å². The van der Waals surface area contributed by atoms with Gasteiger partial charge >= 0.3 is 0 Å². The second kappa shape index (κ2) is 10.2. The number of hydrogen-bond acceptors (Lipinski definition) is 3. The fourth-order valence-corrected chi connectivity index (χ4v) is 4.15. The molecule has 4 nitrogen and oxygen atoms in total. The monoisotopic (exact) mass is 426 g/mol. The summed E-state index contributed by atoms with van der Waals surface area (Å²) in [5.74, 6) is 0.618. The smallest absolute Gasteiger partial charge is 0.255 e. The predicted molar refractivity (Wildman–Crippen MR) is 131 cm³/mol. The third kappa shape index (κ3) is 5.20. The molecule has 0 unspecified atom stereocenters. The standard InChI is InChI=1S/C28H30N2O2/c1-3-16-30(26-19-23-8-4-5-9-24(23)20-26)17-15-21-7-6-10-25(18-21)29-28(31)22-11-13-27(32-2)14-12-22/h4-14,18-19H,3,15-17,20H2,1-2H3,(H,29,31). The number of carbonyl (C=O) groups is 1. The van der Waals surface area contributed by atoms with E-state index in [4.69, 9.17) is 4.74 Å². The van der Waals surface area contributed by atoms with Crippen LogP contribution < -0.4 is 10.1 Å². The number of hydrogen-bond donors (Lipinski definition) is 1. The molecule has 1 aliphatic carbocycles. The number of carbonyl (C=O) groups excluding carboxylic acids is 1. The summed E-state index contributed by atoms with van der Waals surface area (Å²) in [6, 6.07) is 23.9. The number of methoxy groups -OCH3 is 1. The summed E-state index contributed by atoms with van der Waals surface area (Å²) in [6.07, 6.45) is 5.39. The molecule has 0 aromatic heterocycles. The number of benzene rings is 3. The Balaban J connectivity index is 1.39. The third-order valence-electron chi connectivity index (χ3n) is 5.86. The molecule has 3 aromatic carbocycles. The summed E-state index contributed by atoms with van der Waals surface area (Å²) in [5, 5.41) is 3.01. The molecule has 0 saturated carbocycles. The van der Waals surface area contributed by atoms with Crippen molar-refractivity contribution in [3.63, 3.8) is 0 Å². The van der Waals surface area contributed by atoms with Crippen molar-refractivity contribution >= 4 is 17.7 Å². The molecule has 0 spiro atoms. The third-order valence-corrected chi connectivity index (χ3v) is 5.86. The van der Waals surface area contributed by atoms with Crippen LogP contribution in [0.4, 0.5) is 5.69 Å². The van der Waals surface area contributed by atoms with Crippen molar-refractivity contribution in [2.45, 2.75) is 26.2 Å². The van der Waals surface area contributed by atoms with Gasteiger partial charge in [-0.05, 0) is 72.0 Å².